The van der Waals surface area contributed by atoms with E-state index in [1.165, 1.54) is 31.2 Å². The van der Waals surface area contributed by atoms with E-state index in [9.17, 15) is 29.6 Å². The summed E-state index contributed by atoms with van der Waals surface area (Å²) in [7, 11) is 0. The van der Waals surface area contributed by atoms with Crippen LogP contribution >= 0.6 is 0 Å². The monoisotopic (exact) mass is 360 g/mol. The molecule has 9 nitrogen and oxygen atoms in total. The first kappa shape index (κ1) is 18.8. The Bertz CT molecular complexity index is 854. The highest BCUT2D eigenvalue weighted by Gasteiger charge is 2.41. The summed E-state index contributed by atoms with van der Waals surface area (Å²) < 4.78 is 4.95. The van der Waals surface area contributed by atoms with Crippen LogP contribution in [0.15, 0.2) is 46.8 Å². The summed E-state index contributed by atoms with van der Waals surface area (Å²) in [5.74, 6) is -3.61. The summed E-state index contributed by atoms with van der Waals surface area (Å²) in [4.78, 5) is 46.5. The summed E-state index contributed by atoms with van der Waals surface area (Å²) in [6.45, 7) is 2.95. The van der Waals surface area contributed by atoms with Crippen LogP contribution in [-0.4, -0.2) is 34.9 Å². The molecule has 0 spiro atoms. The summed E-state index contributed by atoms with van der Waals surface area (Å²) >= 11 is 0. The number of benzene rings is 1. The number of esters is 1. The number of para-hydroxylation sites is 1. The number of nitrogens with zero attached hydrogens (tertiary/aromatic N) is 1. The minimum atomic E-state index is -1.37. The number of nitrogens with one attached hydrogen (secondary N) is 1. The smallest absolute Gasteiger partial charge is 0.337 e. The molecule has 0 aliphatic carbocycles. The summed E-state index contributed by atoms with van der Waals surface area (Å²) in [6.07, 6.45) is 0.357. The first-order valence-electron chi connectivity index (χ1n) is 7.64. The lowest BCUT2D eigenvalue weighted by Gasteiger charge is -2.28. The predicted octanol–water partition coefficient (Wildman–Crippen LogP) is 1.66. The first-order valence-corrected chi connectivity index (χ1v) is 7.64. The second kappa shape index (κ2) is 7.60. The van der Waals surface area contributed by atoms with Gasteiger partial charge < -0.3 is 15.2 Å². The van der Waals surface area contributed by atoms with E-state index in [0.29, 0.717) is 6.29 Å². The molecule has 0 saturated carbocycles. The first-order chi connectivity index (χ1) is 12.3. The Kier molecular flexibility index (Phi) is 5.51. The van der Waals surface area contributed by atoms with Gasteiger partial charge in [0, 0.05) is 17.3 Å². The van der Waals surface area contributed by atoms with Crippen LogP contribution in [0.25, 0.3) is 0 Å². The third-order valence-electron chi connectivity index (χ3n) is 3.88. The number of aliphatic carboxylic acids is 1. The molecule has 1 atom stereocenters. The summed E-state index contributed by atoms with van der Waals surface area (Å²) in [6, 6.07) is 5.47. The fourth-order valence-electron chi connectivity index (χ4n) is 2.88. The number of carboxylic acids is 1. The Morgan fingerprint density at radius 3 is 2.54 bits per heavy atom. The molecular weight excluding hydrogens is 344 g/mol. The molecule has 0 aromatic heterocycles. The molecule has 0 saturated heterocycles. The number of carboxylic acid groups (broad SMARTS) is 1. The number of hydrogen-bond donors (Lipinski definition) is 2. The van der Waals surface area contributed by atoms with Crippen molar-refractivity contribution < 1.29 is 29.2 Å². The highest BCUT2D eigenvalue weighted by molar-refractivity contribution is 6.03. The minimum absolute atomic E-state index is 0.0107. The van der Waals surface area contributed by atoms with E-state index in [0.717, 1.165) is 0 Å². The number of ether oxygens (including phenoxy) is 1. The Balaban J connectivity index is 2.83. The normalized spacial score (nSPS) is 16.8. The van der Waals surface area contributed by atoms with Gasteiger partial charge in [0.15, 0.2) is 6.29 Å². The zero-order chi connectivity index (χ0) is 19.4. The molecule has 9 heteroatoms. The third-order valence-corrected chi connectivity index (χ3v) is 3.88. The van der Waals surface area contributed by atoms with Gasteiger partial charge in [0.05, 0.1) is 34.3 Å². The Labute approximate surface area is 148 Å². The van der Waals surface area contributed by atoms with Crippen molar-refractivity contribution in [3.8, 4) is 0 Å². The molecule has 0 fully saturated rings. The van der Waals surface area contributed by atoms with E-state index in [-0.39, 0.29) is 40.4 Å². The average Bonchev–Trinajstić information content (AvgIpc) is 2.60. The molecule has 1 heterocycles. The van der Waals surface area contributed by atoms with E-state index in [1.807, 2.05) is 0 Å². The maximum atomic E-state index is 12.4. The molecular formula is C17H16N2O7. The van der Waals surface area contributed by atoms with E-state index in [4.69, 9.17) is 4.74 Å². The molecule has 2 N–H and O–H groups in total. The standard InChI is InChI=1S/C17H16N2O7/c1-3-26-17(23)15-11(8-20)18-9(2)13(16(21)22)14(15)10-6-4-5-7-12(10)19(24)25/h4-8,14,18H,3H2,1-2H3,(H,21,22). The number of dihydropyridines is 1. The zero-order valence-corrected chi connectivity index (χ0v) is 14.0. The third kappa shape index (κ3) is 3.32. The zero-order valence-electron chi connectivity index (χ0n) is 14.0. The van der Waals surface area contributed by atoms with E-state index in [1.54, 1.807) is 6.92 Å². The lowest BCUT2D eigenvalue weighted by atomic mass is 9.79. The van der Waals surface area contributed by atoms with Crippen molar-refractivity contribution in [3.05, 3.63) is 62.5 Å². The number of aldehydes is 1. The number of allylic oxidation sites excluding steroid dienone is 2. The topological polar surface area (TPSA) is 136 Å². The van der Waals surface area contributed by atoms with Gasteiger partial charge in [-0.25, -0.2) is 9.59 Å². The van der Waals surface area contributed by atoms with E-state index < -0.39 is 22.8 Å². The number of nitro benzene ring substituents is 1. The second-order valence-electron chi connectivity index (χ2n) is 5.38. The molecule has 1 aromatic carbocycles. The van der Waals surface area contributed by atoms with Gasteiger partial charge >= 0.3 is 11.9 Å². The van der Waals surface area contributed by atoms with Crippen molar-refractivity contribution in [3.63, 3.8) is 0 Å². The molecule has 26 heavy (non-hydrogen) atoms. The Hall–Kier alpha value is -3.49. The largest absolute Gasteiger partial charge is 0.478 e. The number of carbonyl (C=O) groups excluding carboxylic acids is 2. The van der Waals surface area contributed by atoms with Crippen molar-refractivity contribution in [2.75, 3.05) is 6.61 Å². The van der Waals surface area contributed by atoms with Crippen molar-refractivity contribution in [2.24, 2.45) is 0 Å². The maximum absolute atomic E-state index is 12.4. The molecule has 1 aliphatic heterocycles. The molecule has 2 rings (SSSR count). The van der Waals surface area contributed by atoms with Gasteiger partial charge in [-0.15, -0.1) is 0 Å². The lowest BCUT2D eigenvalue weighted by Crippen LogP contribution is -2.33. The number of rotatable bonds is 6. The SMILES string of the molecule is CCOC(=O)C1=C(C=O)NC(C)=C(C(=O)O)C1c1ccccc1[N+](=O)[O-]. The van der Waals surface area contributed by atoms with Gasteiger partial charge in [-0.05, 0) is 13.8 Å². The molecule has 0 radical (unpaired) electrons. The van der Waals surface area contributed by atoms with Gasteiger partial charge in [0.2, 0.25) is 0 Å². The molecule has 0 amide bonds. The van der Waals surface area contributed by atoms with Crippen LogP contribution in [0, 0.1) is 10.1 Å². The predicted molar refractivity (Wildman–Crippen MR) is 89.0 cm³/mol. The van der Waals surface area contributed by atoms with Crippen LogP contribution < -0.4 is 5.32 Å². The second-order valence-corrected chi connectivity index (χ2v) is 5.38. The molecule has 0 bridgehead atoms. The summed E-state index contributed by atoms with van der Waals surface area (Å²) in [5, 5.41) is 23.6. The molecule has 1 aliphatic rings. The van der Waals surface area contributed by atoms with E-state index >= 15 is 0 Å². The highest BCUT2D eigenvalue weighted by atomic mass is 16.6. The van der Waals surface area contributed by atoms with Crippen LogP contribution in [0.2, 0.25) is 0 Å². The Morgan fingerprint density at radius 2 is 2.00 bits per heavy atom. The highest BCUT2D eigenvalue weighted by Crippen LogP contribution is 2.41. The lowest BCUT2D eigenvalue weighted by molar-refractivity contribution is -0.385. The van der Waals surface area contributed by atoms with Gasteiger partial charge in [-0.1, -0.05) is 18.2 Å². The average molecular weight is 360 g/mol. The van der Waals surface area contributed by atoms with E-state index in [2.05, 4.69) is 5.32 Å². The van der Waals surface area contributed by atoms with Crippen LogP contribution in [0.5, 0.6) is 0 Å². The van der Waals surface area contributed by atoms with Crippen molar-refractivity contribution in [1.82, 2.24) is 5.32 Å². The number of hydrogen-bond acceptors (Lipinski definition) is 7. The van der Waals surface area contributed by atoms with Crippen molar-refractivity contribution >= 4 is 23.9 Å². The molecule has 1 aromatic rings. The molecule has 136 valence electrons. The fourth-order valence-corrected chi connectivity index (χ4v) is 2.88. The number of carbonyl (C=O) groups is 3. The van der Waals surface area contributed by atoms with Crippen LogP contribution in [0.1, 0.15) is 25.3 Å². The van der Waals surface area contributed by atoms with Gasteiger partial charge in [-0.2, -0.15) is 0 Å². The van der Waals surface area contributed by atoms with Gasteiger partial charge in [0.1, 0.15) is 0 Å². The maximum Gasteiger partial charge on any atom is 0.337 e. The molecule has 1 unspecified atom stereocenters. The van der Waals surface area contributed by atoms with Crippen LogP contribution in [0.3, 0.4) is 0 Å². The van der Waals surface area contributed by atoms with Crippen LogP contribution in [0.4, 0.5) is 5.69 Å². The van der Waals surface area contributed by atoms with Crippen molar-refractivity contribution in [1.29, 1.82) is 0 Å². The Morgan fingerprint density at radius 1 is 1.35 bits per heavy atom. The number of nitro groups is 1. The van der Waals surface area contributed by atoms with Crippen molar-refractivity contribution in [2.45, 2.75) is 19.8 Å². The van der Waals surface area contributed by atoms with Gasteiger partial charge in [0.25, 0.3) is 5.69 Å². The summed E-state index contributed by atoms with van der Waals surface area (Å²) in [5.41, 5.74) is -1.01. The van der Waals surface area contributed by atoms with Crippen LogP contribution in [-0.2, 0) is 19.1 Å². The quantitative estimate of drug-likeness (QED) is 0.338. The fraction of sp³-hybridized carbons (Fsp3) is 0.235. The minimum Gasteiger partial charge on any atom is -0.478 e. The van der Waals surface area contributed by atoms with Gasteiger partial charge in [-0.3, -0.25) is 14.9 Å².